The van der Waals surface area contributed by atoms with Gasteiger partial charge in [0.1, 0.15) is 0 Å². The van der Waals surface area contributed by atoms with E-state index in [1.807, 2.05) is 0 Å². The fourth-order valence-electron chi connectivity index (χ4n) is 3.22. The van der Waals surface area contributed by atoms with Crippen molar-refractivity contribution in [1.29, 1.82) is 0 Å². The van der Waals surface area contributed by atoms with Crippen molar-refractivity contribution in [2.45, 2.75) is 12.5 Å². The van der Waals surface area contributed by atoms with Crippen LogP contribution in [0.1, 0.15) is 27.1 Å². The van der Waals surface area contributed by atoms with Crippen LogP contribution in [0, 0.1) is 0 Å². The van der Waals surface area contributed by atoms with E-state index in [-0.39, 0.29) is 36.4 Å². The lowest BCUT2D eigenvalue weighted by molar-refractivity contribution is 0.0691. The van der Waals surface area contributed by atoms with E-state index in [0.29, 0.717) is 27.6 Å². The number of hydrogen-bond donors (Lipinski definition) is 1. The standard InChI is InChI=1S/C20H20Cl2N2O4S/c21-16-5-1-14(2-6-16)19(25)23-10-11-24(18-9-12-29(27,28)13-18)20(26)15-3-7-17(22)8-4-15/h1-8,18H,9-13H2,(H,23,25). The van der Waals surface area contributed by atoms with Gasteiger partial charge in [-0.15, -0.1) is 0 Å². The zero-order valence-electron chi connectivity index (χ0n) is 15.5. The van der Waals surface area contributed by atoms with E-state index in [1.165, 1.54) is 4.90 Å². The molecule has 2 aromatic rings. The molecule has 1 fully saturated rings. The van der Waals surface area contributed by atoms with Gasteiger partial charge in [0.25, 0.3) is 11.8 Å². The molecule has 1 saturated heterocycles. The molecule has 1 aliphatic rings. The first-order chi connectivity index (χ1) is 13.7. The Morgan fingerprint density at radius 3 is 2.03 bits per heavy atom. The Hall–Kier alpha value is -2.09. The maximum atomic E-state index is 13.0. The Balaban J connectivity index is 1.69. The minimum atomic E-state index is -3.17. The topological polar surface area (TPSA) is 83.6 Å². The van der Waals surface area contributed by atoms with Gasteiger partial charge in [0.2, 0.25) is 0 Å². The number of amides is 2. The summed E-state index contributed by atoms with van der Waals surface area (Å²) < 4.78 is 23.8. The molecule has 0 radical (unpaired) electrons. The van der Waals surface area contributed by atoms with Crippen LogP contribution in [-0.4, -0.2) is 55.8 Å². The number of nitrogens with one attached hydrogen (secondary N) is 1. The molecule has 2 aromatic carbocycles. The number of carbonyl (C=O) groups is 2. The van der Waals surface area contributed by atoms with Gasteiger partial charge < -0.3 is 10.2 Å². The Kier molecular flexibility index (Phi) is 6.82. The van der Waals surface area contributed by atoms with Gasteiger partial charge in [-0.2, -0.15) is 0 Å². The van der Waals surface area contributed by atoms with Crippen molar-refractivity contribution in [2.75, 3.05) is 24.6 Å². The van der Waals surface area contributed by atoms with E-state index in [9.17, 15) is 18.0 Å². The molecule has 0 aromatic heterocycles. The highest BCUT2D eigenvalue weighted by molar-refractivity contribution is 7.91. The lowest BCUT2D eigenvalue weighted by atomic mass is 10.1. The lowest BCUT2D eigenvalue weighted by Gasteiger charge is -2.28. The van der Waals surface area contributed by atoms with Crippen molar-refractivity contribution in [3.8, 4) is 0 Å². The van der Waals surface area contributed by atoms with Crippen LogP contribution in [-0.2, 0) is 9.84 Å². The largest absolute Gasteiger partial charge is 0.350 e. The Labute approximate surface area is 179 Å². The van der Waals surface area contributed by atoms with Crippen molar-refractivity contribution in [3.63, 3.8) is 0 Å². The molecule has 1 N–H and O–H groups in total. The highest BCUT2D eigenvalue weighted by Crippen LogP contribution is 2.20. The quantitative estimate of drug-likeness (QED) is 0.726. The van der Waals surface area contributed by atoms with Gasteiger partial charge in [-0.3, -0.25) is 9.59 Å². The van der Waals surface area contributed by atoms with Gasteiger partial charge in [-0.05, 0) is 55.0 Å². The Morgan fingerprint density at radius 1 is 0.966 bits per heavy atom. The van der Waals surface area contributed by atoms with Crippen molar-refractivity contribution in [1.82, 2.24) is 10.2 Å². The minimum Gasteiger partial charge on any atom is -0.350 e. The maximum absolute atomic E-state index is 13.0. The van der Waals surface area contributed by atoms with Gasteiger partial charge in [0.05, 0.1) is 11.5 Å². The molecule has 1 aliphatic heterocycles. The number of nitrogens with zero attached hydrogens (tertiary/aromatic N) is 1. The van der Waals surface area contributed by atoms with Gasteiger partial charge in [-0.1, -0.05) is 23.2 Å². The normalized spacial score (nSPS) is 17.7. The van der Waals surface area contributed by atoms with E-state index in [0.717, 1.165) is 0 Å². The summed E-state index contributed by atoms with van der Waals surface area (Å²) in [4.78, 5) is 26.8. The Morgan fingerprint density at radius 2 is 1.52 bits per heavy atom. The van der Waals surface area contributed by atoms with Crippen LogP contribution in [0.25, 0.3) is 0 Å². The molecule has 1 atom stereocenters. The predicted molar refractivity (Wildman–Crippen MR) is 113 cm³/mol. The maximum Gasteiger partial charge on any atom is 0.254 e. The summed E-state index contributed by atoms with van der Waals surface area (Å²) in [6, 6.07) is 12.5. The second-order valence-electron chi connectivity index (χ2n) is 6.83. The summed E-state index contributed by atoms with van der Waals surface area (Å²) in [6.45, 7) is 0.387. The molecule has 154 valence electrons. The van der Waals surface area contributed by atoms with Gasteiger partial charge >= 0.3 is 0 Å². The van der Waals surface area contributed by atoms with Crippen LogP contribution in [0.3, 0.4) is 0 Å². The number of benzene rings is 2. The van der Waals surface area contributed by atoms with E-state index in [2.05, 4.69) is 5.32 Å². The average molecular weight is 455 g/mol. The highest BCUT2D eigenvalue weighted by atomic mass is 35.5. The second kappa shape index (κ2) is 9.15. The molecule has 0 spiro atoms. The zero-order chi connectivity index (χ0) is 21.0. The molecule has 1 unspecified atom stereocenters. The summed E-state index contributed by atoms with van der Waals surface area (Å²) in [6.07, 6.45) is 0.382. The third kappa shape index (κ3) is 5.72. The first-order valence-corrected chi connectivity index (χ1v) is 11.6. The fourth-order valence-corrected chi connectivity index (χ4v) is 5.21. The number of halogens is 2. The number of sulfone groups is 1. The molecule has 6 nitrogen and oxygen atoms in total. The summed E-state index contributed by atoms with van der Waals surface area (Å²) in [5.74, 6) is -0.597. The number of hydrogen-bond acceptors (Lipinski definition) is 4. The molecule has 2 amide bonds. The molecule has 29 heavy (non-hydrogen) atoms. The van der Waals surface area contributed by atoms with Gasteiger partial charge in [0.15, 0.2) is 9.84 Å². The highest BCUT2D eigenvalue weighted by Gasteiger charge is 2.34. The van der Waals surface area contributed by atoms with Crippen LogP contribution in [0.5, 0.6) is 0 Å². The van der Waals surface area contributed by atoms with Crippen LogP contribution in [0.4, 0.5) is 0 Å². The fraction of sp³-hybridized carbons (Fsp3) is 0.300. The van der Waals surface area contributed by atoms with Crippen molar-refractivity contribution in [3.05, 3.63) is 69.7 Å². The van der Waals surface area contributed by atoms with Crippen molar-refractivity contribution >= 4 is 44.9 Å². The molecule has 9 heteroatoms. The zero-order valence-corrected chi connectivity index (χ0v) is 17.8. The van der Waals surface area contributed by atoms with E-state index < -0.39 is 15.9 Å². The molecule has 0 bridgehead atoms. The summed E-state index contributed by atoms with van der Waals surface area (Å²) in [7, 11) is -3.17. The SMILES string of the molecule is O=C(NCCN(C(=O)c1ccc(Cl)cc1)C1CCS(=O)(=O)C1)c1ccc(Cl)cc1. The third-order valence-electron chi connectivity index (χ3n) is 4.75. The van der Waals surface area contributed by atoms with Crippen molar-refractivity contribution in [2.24, 2.45) is 0 Å². The van der Waals surface area contributed by atoms with Crippen molar-refractivity contribution < 1.29 is 18.0 Å². The van der Waals surface area contributed by atoms with E-state index in [4.69, 9.17) is 23.2 Å². The second-order valence-corrected chi connectivity index (χ2v) is 9.93. The first kappa shape index (κ1) is 21.6. The van der Waals surface area contributed by atoms with E-state index >= 15 is 0 Å². The summed E-state index contributed by atoms with van der Waals surface area (Å²) in [5, 5.41) is 3.80. The minimum absolute atomic E-state index is 0.0548. The predicted octanol–water partition coefficient (Wildman–Crippen LogP) is 3.05. The molecule has 0 aliphatic carbocycles. The van der Waals surface area contributed by atoms with Crippen LogP contribution in [0.15, 0.2) is 48.5 Å². The molecule has 0 saturated carbocycles. The molecule has 1 heterocycles. The number of carbonyl (C=O) groups excluding carboxylic acids is 2. The van der Waals surface area contributed by atoms with Gasteiger partial charge in [0, 0.05) is 40.3 Å². The first-order valence-electron chi connectivity index (χ1n) is 9.06. The smallest absolute Gasteiger partial charge is 0.254 e. The van der Waals surface area contributed by atoms with Crippen LogP contribution >= 0.6 is 23.2 Å². The van der Waals surface area contributed by atoms with Crippen LogP contribution in [0.2, 0.25) is 10.0 Å². The van der Waals surface area contributed by atoms with E-state index in [1.54, 1.807) is 48.5 Å². The Bertz CT molecular complexity index is 992. The molecule has 3 rings (SSSR count). The monoisotopic (exact) mass is 454 g/mol. The average Bonchev–Trinajstić information content (AvgIpc) is 3.05. The summed E-state index contributed by atoms with van der Waals surface area (Å²) in [5.41, 5.74) is 0.871. The van der Waals surface area contributed by atoms with Crippen LogP contribution < -0.4 is 5.32 Å². The molecular formula is C20H20Cl2N2O4S. The third-order valence-corrected chi connectivity index (χ3v) is 7.00. The molecular weight excluding hydrogens is 435 g/mol. The lowest BCUT2D eigenvalue weighted by Crippen LogP contribution is -2.45. The van der Waals surface area contributed by atoms with Gasteiger partial charge in [-0.25, -0.2) is 8.42 Å². The summed E-state index contributed by atoms with van der Waals surface area (Å²) >= 11 is 11.7. The number of rotatable bonds is 6.